The van der Waals surface area contributed by atoms with Crippen LogP contribution in [-0.4, -0.2) is 42.7 Å². The van der Waals surface area contributed by atoms with Gasteiger partial charge in [0.2, 0.25) is 5.91 Å². The van der Waals surface area contributed by atoms with Crippen molar-refractivity contribution in [2.24, 2.45) is 0 Å². The fourth-order valence-electron chi connectivity index (χ4n) is 1.80. The molecule has 23 heavy (non-hydrogen) atoms. The normalized spacial score (nSPS) is 12.3. The fourth-order valence-corrected chi connectivity index (χ4v) is 3.58. The number of rotatable bonds is 5. The third-order valence-corrected chi connectivity index (χ3v) is 5.01. The first-order chi connectivity index (χ1) is 10.4. The van der Waals surface area contributed by atoms with Gasteiger partial charge >= 0.3 is 0 Å². The molecule has 0 aliphatic rings. The quantitative estimate of drug-likeness (QED) is 0.633. The maximum absolute atomic E-state index is 12.5. The first kappa shape index (κ1) is 19.3. The van der Waals surface area contributed by atoms with Crippen LogP contribution in [0.4, 0.5) is 5.69 Å². The highest BCUT2D eigenvalue weighted by Gasteiger charge is 2.33. The van der Waals surface area contributed by atoms with Gasteiger partial charge in [-0.1, -0.05) is 17.7 Å². The molecule has 0 spiro atoms. The molecule has 0 unspecified atom stereocenters. The number of carbonyl (C=O) groups excluding carboxylic acids is 1. The van der Waals surface area contributed by atoms with E-state index in [1.807, 2.05) is 0 Å². The summed E-state index contributed by atoms with van der Waals surface area (Å²) in [6.07, 6.45) is 0. The molecular formula is C13H18ClN3O5S. The lowest BCUT2D eigenvalue weighted by Crippen LogP contribution is -2.46. The molecule has 1 aromatic rings. The van der Waals surface area contributed by atoms with Crippen LogP contribution in [0.25, 0.3) is 0 Å². The monoisotopic (exact) mass is 363 g/mol. The molecule has 0 atom stereocenters. The molecule has 0 aromatic heterocycles. The Morgan fingerprint density at radius 1 is 1.39 bits per heavy atom. The van der Waals surface area contributed by atoms with Crippen molar-refractivity contribution in [2.45, 2.75) is 31.2 Å². The minimum Gasteiger partial charge on any atom is -0.350 e. The summed E-state index contributed by atoms with van der Waals surface area (Å²) in [4.78, 5) is 21.4. The second kappa shape index (κ2) is 6.81. The van der Waals surface area contributed by atoms with Gasteiger partial charge in [-0.3, -0.25) is 14.9 Å². The van der Waals surface area contributed by atoms with Crippen LogP contribution in [0, 0.1) is 10.1 Å². The van der Waals surface area contributed by atoms with Crippen molar-refractivity contribution < 1.29 is 18.1 Å². The zero-order valence-electron chi connectivity index (χ0n) is 13.2. The molecule has 10 heteroatoms. The van der Waals surface area contributed by atoms with E-state index in [0.29, 0.717) is 0 Å². The Balaban J connectivity index is 3.18. The van der Waals surface area contributed by atoms with Crippen LogP contribution >= 0.6 is 11.6 Å². The predicted octanol–water partition coefficient (Wildman–Crippen LogP) is 1.78. The average Bonchev–Trinajstić information content (AvgIpc) is 2.35. The number of nitro groups is 1. The Kier molecular flexibility index (Phi) is 5.73. The second-order valence-electron chi connectivity index (χ2n) is 5.90. The largest absolute Gasteiger partial charge is 0.350 e. The number of hydrogen-bond acceptors (Lipinski definition) is 5. The maximum Gasteiger partial charge on any atom is 0.290 e. The summed E-state index contributed by atoms with van der Waals surface area (Å²) in [5.74, 6) is -0.529. The minimum atomic E-state index is -4.30. The molecule has 0 bridgehead atoms. The van der Waals surface area contributed by atoms with Gasteiger partial charge in [-0.05, 0) is 26.8 Å². The van der Waals surface area contributed by atoms with Crippen molar-refractivity contribution in [2.75, 3.05) is 13.6 Å². The van der Waals surface area contributed by atoms with Crippen LogP contribution in [0.15, 0.2) is 23.1 Å². The summed E-state index contributed by atoms with van der Waals surface area (Å²) >= 11 is 5.83. The topological polar surface area (TPSA) is 110 Å². The van der Waals surface area contributed by atoms with E-state index in [2.05, 4.69) is 5.32 Å². The van der Waals surface area contributed by atoms with Crippen LogP contribution < -0.4 is 5.32 Å². The maximum atomic E-state index is 12.5. The van der Waals surface area contributed by atoms with Crippen LogP contribution in [-0.2, 0) is 14.8 Å². The van der Waals surface area contributed by atoms with Crippen molar-refractivity contribution >= 4 is 33.2 Å². The number of nitrogens with zero attached hydrogens (tertiary/aromatic N) is 2. The van der Waals surface area contributed by atoms with E-state index >= 15 is 0 Å². The van der Waals surface area contributed by atoms with Crippen molar-refractivity contribution in [1.29, 1.82) is 0 Å². The number of sulfonamides is 1. The highest BCUT2D eigenvalue weighted by molar-refractivity contribution is 7.89. The number of benzene rings is 1. The van der Waals surface area contributed by atoms with Crippen molar-refractivity contribution in [3.05, 3.63) is 33.3 Å². The number of hydrogen-bond donors (Lipinski definition) is 1. The summed E-state index contributed by atoms with van der Waals surface area (Å²) < 4.78 is 25.8. The first-order valence-corrected chi connectivity index (χ1v) is 8.38. The van der Waals surface area contributed by atoms with Gasteiger partial charge in [0.1, 0.15) is 0 Å². The summed E-state index contributed by atoms with van der Waals surface area (Å²) in [7, 11) is -3.14. The fraction of sp³-hybridized carbons (Fsp3) is 0.462. The van der Waals surface area contributed by atoms with Gasteiger partial charge < -0.3 is 5.32 Å². The van der Waals surface area contributed by atoms with Crippen LogP contribution in [0.2, 0.25) is 5.02 Å². The molecule has 0 radical (unpaired) electrons. The van der Waals surface area contributed by atoms with E-state index in [1.54, 1.807) is 20.8 Å². The number of likely N-dealkylation sites (N-methyl/N-ethyl adjacent to an activating group) is 1. The molecule has 0 heterocycles. The van der Waals surface area contributed by atoms with Crippen molar-refractivity contribution in [3.8, 4) is 0 Å². The highest BCUT2D eigenvalue weighted by Crippen LogP contribution is 2.32. The molecule has 1 amide bonds. The molecule has 1 aromatic carbocycles. The van der Waals surface area contributed by atoms with Crippen LogP contribution in [0.3, 0.4) is 0 Å². The Morgan fingerprint density at radius 3 is 2.43 bits per heavy atom. The van der Waals surface area contributed by atoms with E-state index in [1.165, 1.54) is 12.1 Å². The number of nitrogens with one attached hydrogen (secondary N) is 1. The molecule has 0 saturated carbocycles. The lowest BCUT2D eigenvalue weighted by molar-refractivity contribution is -0.387. The van der Waals surface area contributed by atoms with Gasteiger partial charge in [-0.2, -0.15) is 4.31 Å². The first-order valence-electron chi connectivity index (χ1n) is 6.56. The molecule has 0 aliphatic carbocycles. The van der Waals surface area contributed by atoms with Crippen LogP contribution in [0.5, 0.6) is 0 Å². The van der Waals surface area contributed by atoms with Gasteiger partial charge in [0.25, 0.3) is 15.7 Å². The molecular weight excluding hydrogens is 346 g/mol. The Morgan fingerprint density at radius 2 is 1.96 bits per heavy atom. The predicted molar refractivity (Wildman–Crippen MR) is 85.8 cm³/mol. The summed E-state index contributed by atoms with van der Waals surface area (Å²) in [5, 5.41) is 13.4. The molecule has 0 fully saturated rings. The Bertz CT molecular complexity index is 728. The van der Waals surface area contributed by atoms with Gasteiger partial charge in [-0.15, -0.1) is 0 Å². The molecule has 0 saturated heterocycles. The van der Waals surface area contributed by atoms with E-state index in [9.17, 15) is 23.3 Å². The minimum absolute atomic E-state index is 0.276. The van der Waals surface area contributed by atoms with Gasteiger partial charge in [0.05, 0.1) is 16.5 Å². The van der Waals surface area contributed by atoms with E-state index < -0.39 is 43.5 Å². The number of amides is 1. The zero-order chi connectivity index (χ0) is 18.0. The lowest BCUT2D eigenvalue weighted by atomic mass is 10.1. The standard InChI is InChI=1S/C13H18ClN3O5S/c1-13(2,3)15-11(18)8-16(4)23(21,22)12-9(14)6-5-7-10(12)17(19)20/h5-7H,8H2,1-4H3,(H,15,18). The van der Waals surface area contributed by atoms with E-state index in [0.717, 1.165) is 17.4 Å². The van der Waals surface area contributed by atoms with Gasteiger partial charge in [0.15, 0.2) is 4.90 Å². The third kappa shape index (κ3) is 4.88. The molecule has 1 rings (SSSR count). The van der Waals surface area contributed by atoms with Gasteiger partial charge in [0, 0.05) is 18.7 Å². The third-order valence-electron chi connectivity index (χ3n) is 2.69. The highest BCUT2D eigenvalue weighted by atomic mass is 35.5. The number of halogens is 1. The summed E-state index contributed by atoms with van der Waals surface area (Å²) in [5.41, 5.74) is -1.17. The van der Waals surface area contributed by atoms with Crippen LogP contribution in [0.1, 0.15) is 20.8 Å². The number of nitro benzene ring substituents is 1. The zero-order valence-corrected chi connectivity index (χ0v) is 14.7. The molecule has 1 N–H and O–H groups in total. The average molecular weight is 364 g/mol. The Labute approximate surface area is 139 Å². The SMILES string of the molecule is CN(CC(=O)NC(C)(C)C)S(=O)(=O)c1c(Cl)cccc1[N+](=O)[O-]. The summed E-state index contributed by atoms with van der Waals surface area (Å²) in [6, 6.07) is 3.57. The Hall–Kier alpha value is -1.71. The molecule has 128 valence electrons. The lowest BCUT2D eigenvalue weighted by Gasteiger charge is -2.23. The van der Waals surface area contributed by atoms with Crippen molar-refractivity contribution in [1.82, 2.24) is 9.62 Å². The summed E-state index contributed by atoms with van der Waals surface area (Å²) in [6.45, 7) is 4.76. The molecule has 8 nitrogen and oxygen atoms in total. The number of carbonyl (C=O) groups is 1. The smallest absolute Gasteiger partial charge is 0.290 e. The molecule has 0 aliphatic heterocycles. The van der Waals surface area contributed by atoms with Gasteiger partial charge in [-0.25, -0.2) is 8.42 Å². The second-order valence-corrected chi connectivity index (χ2v) is 8.29. The van der Waals surface area contributed by atoms with Crippen molar-refractivity contribution in [3.63, 3.8) is 0 Å². The van der Waals surface area contributed by atoms with E-state index in [-0.39, 0.29) is 5.02 Å². The van der Waals surface area contributed by atoms with E-state index in [4.69, 9.17) is 11.6 Å².